The Bertz CT molecular complexity index is 1090. The number of allylic oxidation sites excluding steroid dienone is 3. The summed E-state index contributed by atoms with van der Waals surface area (Å²) in [5.74, 6) is -0.0708. The maximum Gasteiger partial charge on any atom is 0.305 e. The molecule has 0 aromatic carbocycles. The molecule has 2 atom stereocenters. The maximum atomic E-state index is 12.5. The Labute approximate surface area is 437 Å². The smallest absolute Gasteiger partial charge is 0.305 e. The third-order valence-corrected chi connectivity index (χ3v) is 14.7. The lowest BCUT2D eigenvalue weighted by Gasteiger charge is -2.20. The van der Waals surface area contributed by atoms with Crippen molar-refractivity contribution in [1.29, 1.82) is 0 Å². The lowest BCUT2D eigenvalue weighted by molar-refractivity contribution is -0.143. The Morgan fingerprint density at radius 1 is 0.386 bits per heavy atom. The monoisotopic (exact) mass is 986 g/mol. The zero-order chi connectivity index (χ0) is 50.7. The lowest BCUT2D eigenvalue weighted by atomic mass is 10.0. The second-order valence-corrected chi connectivity index (χ2v) is 21.7. The van der Waals surface area contributed by atoms with E-state index < -0.39 is 12.1 Å². The molecule has 0 aliphatic carbocycles. The summed E-state index contributed by atoms with van der Waals surface area (Å²) in [4.78, 5) is 24.5. The molecule has 6 nitrogen and oxygen atoms in total. The van der Waals surface area contributed by atoms with Crippen molar-refractivity contribution in [3.8, 4) is 0 Å². The number of carbonyl (C=O) groups is 2. The average molecular weight is 987 g/mol. The quantitative estimate of drug-likeness (QED) is 0.0321. The summed E-state index contributed by atoms with van der Waals surface area (Å²) in [5, 5.41) is 23.2. The molecule has 2 unspecified atom stereocenters. The van der Waals surface area contributed by atoms with Gasteiger partial charge in [-0.1, -0.05) is 301 Å². The maximum absolute atomic E-state index is 12.5. The van der Waals surface area contributed by atoms with Crippen molar-refractivity contribution in [3.63, 3.8) is 0 Å². The number of hydrogen-bond donors (Lipinski definition) is 3. The number of carbonyl (C=O) groups excluding carboxylic acids is 2. The van der Waals surface area contributed by atoms with Gasteiger partial charge in [0.1, 0.15) is 0 Å². The molecule has 0 rings (SSSR count). The van der Waals surface area contributed by atoms with Crippen LogP contribution in [0.2, 0.25) is 0 Å². The third kappa shape index (κ3) is 55.7. The van der Waals surface area contributed by atoms with E-state index in [-0.39, 0.29) is 18.5 Å². The molecule has 3 N–H and O–H groups in total. The summed E-state index contributed by atoms with van der Waals surface area (Å²) in [5.41, 5.74) is 0. The van der Waals surface area contributed by atoms with Gasteiger partial charge >= 0.3 is 5.97 Å². The minimum Gasteiger partial charge on any atom is -0.466 e. The Balaban J connectivity index is 3.47. The van der Waals surface area contributed by atoms with Crippen LogP contribution in [0, 0.1) is 0 Å². The normalized spacial score (nSPS) is 12.7. The second kappa shape index (κ2) is 59.9. The van der Waals surface area contributed by atoms with Crippen molar-refractivity contribution in [3.05, 3.63) is 24.3 Å². The van der Waals surface area contributed by atoms with Crippen LogP contribution in [-0.2, 0) is 14.3 Å². The Kier molecular flexibility index (Phi) is 58.5. The fourth-order valence-corrected chi connectivity index (χ4v) is 9.87. The fraction of sp³-hybridized carbons (Fsp3) is 0.906. The Hall–Kier alpha value is -1.66. The van der Waals surface area contributed by atoms with Gasteiger partial charge in [0, 0.05) is 12.8 Å². The molecule has 70 heavy (non-hydrogen) atoms. The number of nitrogens with one attached hydrogen (secondary N) is 1. The molecule has 414 valence electrons. The van der Waals surface area contributed by atoms with E-state index in [0.29, 0.717) is 19.4 Å². The van der Waals surface area contributed by atoms with Crippen molar-refractivity contribution in [2.24, 2.45) is 0 Å². The van der Waals surface area contributed by atoms with Crippen LogP contribution in [0.5, 0.6) is 0 Å². The highest BCUT2D eigenvalue weighted by molar-refractivity contribution is 5.76. The molecule has 1 amide bonds. The van der Waals surface area contributed by atoms with Gasteiger partial charge in [-0.2, -0.15) is 0 Å². The van der Waals surface area contributed by atoms with Gasteiger partial charge in [-0.05, 0) is 57.8 Å². The molecule has 0 aromatic rings. The van der Waals surface area contributed by atoms with Crippen LogP contribution >= 0.6 is 0 Å². The van der Waals surface area contributed by atoms with Gasteiger partial charge in [0.25, 0.3) is 0 Å². The van der Waals surface area contributed by atoms with Gasteiger partial charge in [-0.3, -0.25) is 9.59 Å². The number of aliphatic hydroxyl groups excluding tert-OH is 2. The molecule has 0 aromatic heterocycles. The van der Waals surface area contributed by atoms with Crippen molar-refractivity contribution < 1.29 is 24.5 Å². The predicted molar refractivity (Wildman–Crippen MR) is 306 cm³/mol. The van der Waals surface area contributed by atoms with Gasteiger partial charge in [-0.15, -0.1) is 0 Å². The number of rotatable bonds is 59. The summed E-state index contributed by atoms with van der Waals surface area (Å²) in [7, 11) is 0. The first-order valence-corrected chi connectivity index (χ1v) is 31.6. The van der Waals surface area contributed by atoms with Crippen LogP contribution < -0.4 is 5.32 Å². The van der Waals surface area contributed by atoms with E-state index >= 15 is 0 Å². The van der Waals surface area contributed by atoms with E-state index in [0.717, 1.165) is 51.4 Å². The molecule has 0 spiro atoms. The Morgan fingerprint density at radius 2 is 0.671 bits per heavy atom. The number of aliphatic hydroxyl groups is 2. The number of ether oxygens (including phenoxy) is 1. The molecule has 0 heterocycles. The molecule has 0 fully saturated rings. The highest BCUT2D eigenvalue weighted by atomic mass is 16.5. The van der Waals surface area contributed by atoms with E-state index in [2.05, 4.69) is 31.3 Å². The van der Waals surface area contributed by atoms with E-state index in [1.165, 1.54) is 270 Å². The molecule has 0 aliphatic heterocycles. The molecule has 0 aliphatic rings. The van der Waals surface area contributed by atoms with E-state index in [1.807, 2.05) is 6.08 Å². The Morgan fingerprint density at radius 3 is 1.01 bits per heavy atom. The van der Waals surface area contributed by atoms with Crippen molar-refractivity contribution in [1.82, 2.24) is 5.32 Å². The minimum atomic E-state index is -0.851. The SMILES string of the molecule is CCCCCCCCCCCCCCCCCCCCCCC/C=C/C(O)C(CO)NC(=O)CCCCCCCCC/C=C\CCCCCCCCCCOC(=O)CCCCCCCCCCCCC. The summed E-state index contributed by atoms with van der Waals surface area (Å²) < 4.78 is 5.46. The summed E-state index contributed by atoms with van der Waals surface area (Å²) in [6.07, 6.45) is 73.6. The first kappa shape index (κ1) is 68.3. The highest BCUT2D eigenvalue weighted by Gasteiger charge is 2.18. The van der Waals surface area contributed by atoms with Crippen LogP contribution in [0.15, 0.2) is 24.3 Å². The molecule has 6 heteroatoms. The van der Waals surface area contributed by atoms with Crippen LogP contribution in [-0.4, -0.2) is 47.4 Å². The van der Waals surface area contributed by atoms with Crippen LogP contribution in [0.3, 0.4) is 0 Å². The fourth-order valence-electron chi connectivity index (χ4n) is 9.87. The number of unbranched alkanes of at least 4 members (excludes halogenated alkanes) is 46. The molecular formula is C64H123NO5. The minimum absolute atomic E-state index is 0.00340. The van der Waals surface area contributed by atoms with Gasteiger partial charge in [-0.25, -0.2) is 0 Å². The van der Waals surface area contributed by atoms with Gasteiger partial charge < -0.3 is 20.3 Å². The molecule has 0 radical (unpaired) electrons. The first-order valence-electron chi connectivity index (χ1n) is 31.6. The highest BCUT2D eigenvalue weighted by Crippen LogP contribution is 2.18. The van der Waals surface area contributed by atoms with Gasteiger partial charge in [0.2, 0.25) is 5.91 Å². The van der Waals surface area contributed by atoms with E-state index in [9.17, 15) is 19.8 Å². The largest absolute Gasteiger partial charge is 0.466 e. The average Bonchev–Trinajstić information content (AvgIpc) is 3.36. The summed E-state index contributed by atoms with van der Waals surface area (Å²) in [6, 6.07) is -0.636. The van der Waals surface area contributed by atoms with Gasteiger partial charge in [0.15, 0.2) is 0 Å². The number of esters is 1. The van der Waals surface area contributed by atoms with E-state index in [1.54, 1.807) is 6.08 Å². The first-order chi connectivity index (χ1) is 34.5. The van der Waals surface area contributed by atoms with Crippen LogP contribution in [0.25, 0.3) is 0 Å². The molecular weight excluding hydrogens is 863 g/mol. The molecule has 0 saturated heterocycles. The number of hydrogen-bond acceptors (Lipinski definition) is 5. The topological polar surface area (TPSA) is 95.9 Å². The van der Waals surface area contributed by atoms with Crippen LogP contribution in [0.4, 0.5) is 0 Å². The summed E-state index contributed by atoms with van der Waals surface area (Å²) >= 11 is 0. The predicted octanol–water partition coefficient (Wildman–Crippen LogP) is 19.8. The van der Waals surface area contributed by atoms with Gasteiger partial charge in [0.05, 0.1) is 25.4 Å². The molecule has 0 bridgehead atoms. The van der Waals surface area contributed by atoms with E-state index in [4.69, 9.17) is 4.74 Å². The number of amides is 1. The zero-order valence-electron chi connectivity index (χ0n) is 47.3. The third-order valence-electron chi connectivity index (χ3n) is 14.7. The second-order valence-electron chi connectivity index (χ2n) is 21.7. The van der Waals surface area contributed by atoms with Crippen molar-refractivity contribution in [2.45, 2.75) is 360 Å². The zero-order valence-corrected chi connectivity index (χ0v) is 47.3. The van der Waals surface area contributed by atoms with Crippen LogP contribution in [0.1, 0.15) is 348 Å². The standard InChI is InChI=1S/C64H123NO5/c1-3-5-7-9-11-13-15-16-17-18-19-20-21-22-24-27-30-33-37-40-44-48-52-56-62(67)61(60-66)65-63(68)57-53-49-45-41-38-34-31-28-25-23-26-29-32-35-39-43-47-51-55-59-70-64(69)58-54-50-46-42-36-14-12-10-8-6-4-2/h23,25,52,56,61-62,66-67H,3-22,24,26-51,53-55,57-60H2,1-2H3,(H,65,68)/b25-23-,56-52+. The van der Waals surface area contributed by atoms with Crippen molar-refractivity contribution in [2.75, 3.05) is 13.2 Å². The van der Waals surface area contributed by atoms with Crippen molar-refractivity contribution >= 4 is 11.9 Å². The summed E-state index contributed by atoms with van der Waals surface area (Å²) in [6.45, 7) is 4.91. The lowest BCUT2D eigenvalue weighted by Crippen LogP contribution is -2.45. The molecule has 0 saturated carbocycles.